The van der Waals surface area contributed by atoms with E-state index in [4.69, 9.17) is 5.73 Å². The molecule has 0 aromatic carbocycles. The van der Waals surface area contributed by atoms with Gasteiger partial charge in [-0.05, 0) is 6.42 Å². The molecule has 0 saturated carbocycles. The molecule has 0 aliphatic heterocycles. The normalized spacial score (nSPS) is 18.0. The lowest BCUT2D eigenvalue weighted by Gasteiger charge is -2.03. The highest BCUT2D eigenvalue weighted by Crippen LogP contribution is 2.08. The molecule has 0 saturated heterocycles. The number of nitrogens with two attached hydrogens (primary N) is 1. The maximum atomic E-state index is 5.77. The minimum atomic E-state index is 0.178. The van der Waals surface area contributed by atoms with E-state index >= 15 is 0 Å². The van der Waals surface area contributed by atoms with Gasteiger partial charge in [-0.3, -0.25) is 0 Å². The van der Waals surface area contributed by atoms with Crippen LogP contribution in [0.5, 0.6) is 0 Å². The smallest absolute Gasteiger partial charge is 0.107 e. The van der Waals surface area contributed by atoms with Crippen LogP contribution >= 0.6 is 0 Å². The molecule has 0 heterocycles. The standard InChI is InChI=1S/C9H12N/c1-2-9(10)8-6-4-3-5-7-8/h3-4,6-7,9H,2,10H2,1H3/q+1/t9-/m1/s1. The van der Waals surface area contributed by atoms with E-state index in [-0.39, 0.29) is 6.04 Å². The lowest BCUT2D eigenvalue weighted by atomic mass is 10.0. The zero-order chi connectivity index (χ0) is 7.40. The lowest BCUT2D eigenvalue weighted by molar-refractivity contribution is 0.754. The first-order chi connectivity index (χ1) is 4.84. The molecule has 2 N–H and O–H groups in total. The van der Waals surface area contributed by atoms with E-state index in [1.807, 2.05) is 24.3 Å². The third kappa shape index (κ3) is 1.53. The van der Waals surface area contributed by atoms with Crippen LogP contribution in [0.4, 0.5) is 0 Å². The van der Waals surface area contributed by atoms with Crippen molar-refractivity contribution in [2.45, 2.75) is 19.4 Å². The van der Waals surface area contributed by atoms with Gasteiger partial charge in [0.15, 0.2) is 0 Å². The van der Waals surface area contributed by atoms with Gasteiger partial charge in [-0.15, -0.1) is 0 Å². The molecule has 0 unspecified atom stereocenters. The van der Waals surface area contributed by atoms with Crippen LogP contribution in [0.25, 0.3) is 0 Å². The van der Waals surface area contributed by atoms with Crippen LogP contribution in [-0.4, -0.2) is 6.04 Å². The van der Waals surface area contributed by atoms with Crippen molar-refractivity contribution in [2.24, 2.45) is 5.73 Å². The quantitative estimate of drug-likeness (QED) is 0.570. The second-order valence-electron chi connectivity index (χ2n) is 2.35. The van der Waals surface area contributed by atoms with Crippen LogP contribution in [0.15, 0.2) is 29.9 Å². The van der Waals surface area contributed by atoms with Crippen LogP contribution < -0.4 is 5.73 Å². The van der Waals surface area contributed by atoms with Gasteiger partial charge in [0.1, 0.15) is 12.2 Å². The van der Waals surface area contributed by atoms with Crippen LogP contribution in [0.3, 0.4) is 0 Å². The Morgan fingerprint density at radius 2 is 2.50 bits per heavy atom. The third-order valence-electron chi connectivity index (χ3n) is 1.60. The Kier molecular flexibility index (Phi) is 2.38. The molecular weight excluding hydrogens is 122 g/mol. The van der Waals surface area contributed by atoms with E-state index in [0.29, 0.717) is 0 Å². The minimum absolute atomic E-state index is 0.178. The van der Waals surface area contributed by atoms with Gasteiger partial charge in [-0.2, -0.15) is 0 Å². The molecule has 1 rings (SSSR count). The summed E-state index contributed by atoms with van der Waals surface area (Å²) in [5.41, 5.74) is 6.95. The van der Waals surface area contributed by atoms with Gasteiger partial charge < -0.3 is 5.73 Å². The Bertz CT molecular complexity index is 187. The number of rotatable bonds is 2. The zero-order valence-electron chi connectivity index (χ0n) is 6.17. The summed E-state index contributed by atoms with van der Waals surface area (Å²) >= 11 is 0. The van der Waals surface area contributed by atoms with Gasteiger partial charge in [0.25, 0.3) is 0 Å². The first-order valence-corrected chi connectivity index (χ1v) is 3.56. The fourth-order valence-electron chi connectivity index (χ4n) is 0.874. The van der Waals surface area contributed by atoms with Crippen molar-refractivity contribution in [3.8, 4) is 0 Å². The highest BCUT2D eigenvalue weighted by molar-refractivity contribution is 5.32. The van der Waals surface area contributed by atoms with Crippen molar-refractivity contribution in [3.05, 3.63) is 36.0 Å². The summed E-state index contributed by atoms with van der Waals surface area (Å²) < 4.78 is 0. The summed E-state index contributed by atoms with van der Waals surface area (Å²) in [5.74, 6) is 0. The second-order valence-corrected chi connectivity index (χ2v) is 2.35. The SMILES string of the molecule is CC[C@@H](N)C1=CC=C[C+]=C1. The van der Waals surface area contributed by atoms with Gasteiger partial charge in [0, 0.05) is 12.2 Å². The van der Waals surface area contributed by atoms with Crippen LogP contribution in [0.2, 0.25) is 0 Å². The van der Waals surface area contributed by atoms with Gasteiger partial charge in [-0.25, -0.2) is 0 Å². The molecule has 52 valence electrons. The van der Waals surface area contributed by atoms with E-state index in [9.17, 15) is 0 Å². The monoisotopic (exact) mass is 134 g/mol. The van der Waals surface area contributed by atoms with Crippen molar-refractivity contribution in [1.82, 2.24) is 0 Å². The highest BCUT2D eigenvalue weighted by atomic mass is 14.6. The first-order valence-electron chi connectivity index (χ1n) is 3.56. The maximum absolute atomic E-state index is 5.77. The first kappa shape index (κ1) is 7.20. The Morgan fingerprint density at radius 1 is 1.70 bits per heavy atom. The average Bonchev–Trinajstić information content (AvgIpc) is 2.05. The van der Waals surface area contributed by atoms with Crippen LogP contribution in [-0.2, 0) is 0 Å². The van der Waals surface area contributed by atoms with Crippen molar-refractivity contribution in [2.75, 3.05) is 0 Å². The molecule has 10 heavy (non-hydrogen) atoms. The van der Waals surface area contributed by atoms with Gasteiger partial charge in [0.05, 0.1) is 17.7 Å². The molecule has 0 aromatic heterocycles. The third-order valence-corrected chi connectivity index (χ3v) is 1.60. The van der Waals surface area contributed by atoms with Crippen molar-refractivity contribution >= 4 is 0 Å². The summed E-state index contributed by atoms with van der Waals surface area (Å²) in [6.07, 6.45) is 11.8. The Labute approximate surface area is 61.9 Å². The Morgan fingerprint density at radius 3 is 3.00 bits per heavy atom. The van der Waals surface area contributed by atoms with E-state index < -0.39 is 0 Å². The molecule has 0 aromatic rings. The van der Waals surface area contributed by atoms with Gasteiger partial charge in [0.2, 0.25) is 0 Å². The number of hydrogen-bond donors (Lipinski definition) is 1. The molecule has 1 atom stereocenters. The fraction of sp³-hybridized carbons (Fsp3) is 0.333. The van der Waals surface area contributed by atoms with E-state index in [1.54, 1.807) is 0 Å². The Balaban J connectivity index is 2.65. The molecule has 0 radical (unpaired) electrons. The molecular formula is C9H12N+. The molecule has 0 bridgehead atoms. The van der Waals surface area contributed by atoms with E-state index in [0.717, 1.165) is 6.42 Å². The van der Waals surface area contributed by atoms with Crippen molar-refractivity contribution < 1.29 is 0 Å². The zero-order valence-corrected chi connectivity index (χ0v) is 6.17. The average molecular weight is 134 g/mol. The minimum Gasteiger partial charge on any atom is -0.313 e. The van der Waals surface area contributed by atoms with E-state index in [1.165, 1.54) is 5.57 Å². The van der Waals surface area contributed by atoms with Gasteiger partial charge >= 0.3 is 0 Å². The predicted octanol–water partition coefficient (Wildman–Crippen LogP) is 1.58. The maximum Gasteiger partial charge on any atom is 0.107 e. The van der Waals surface area contributed by atoms with Crippen molar-refractivity contribution in [3.63, 3.8) is 0 Å². The molecule has 0 fully saturated rings. The topological polar surface area (TPSA) is 26.0 Å². The second kappa shape index (κ2) is 3.31. The Hall–Kier alpha value is -0.910. The largest absolute Gasteiger partial charge is 0.313 e. The number of allylic oxidation sites excluding steroid dienone is 4. The molecule has 0 amide bonds. The van der Waals surface area contributed by atoms with Crippen molar-refractivity contribution in [1.29, 1.82) is 0 Å². The number of hydrogen-bond acceptors (Lipinski definition) is 1. The lowest BCUT2D eigenvalue weighted by Crippen LogP contribution is -2.20. The summed E-state index contributed by atoms with van der Waals surface area (Å²) in [5, 5.41) is 0. The fourth-order valence-corrected chi connectivity index (χ4v) is 0.874. The highest BCUT2D eigenvalue weighted by Gasteiger charge is 2.10. The predicted molar refractivity (Wildman–Crippen MR) is 43.3 cm³/mol. The molecule has 1 nitrogen and oxygen atoms in total. The van der Waals surface area contributed by atoms with Crippen LogP contribution in [0.1, 0.15) is 13.3 Å². The summed E-state index contributed by atoms with van der Waals surface area (Å²) in [7, 11) is 0. The molecule has 1 aliphatic carbocycles. The molecule has 0 spiro atoms. The summed E-state index contributed by atoms with van der Waals surface area (Å²) in [6.45, 7) is 2.08. The molecule has 1 heteroatoms. The van der Waals surface area contributed by atoms with E-state index in [2.05, 4.69) is 13.0 Å². The van der Waals surface area contributed by atoms with Gasteiger partial charge in [-0.1, -0.05) is 6.92 Å². The molecule has 1 aliphatic rings. The van der Waals surface area contributed by atoms with Crippen LogP contribution in [0, 0.1) is 6.08 Å². The summed E-state index contributed by atoms with van der Waals surface area (Å²) in [6, 6.07) is 0.178. The summed E-state index contributed by atoms with van der Waals surface area (Å²) in [4.78, 5) is 0.